The summed E-state index contributed by atoms with van der Waals surface area (Å²) in [6, 6.07) is 5.73. The van der Waals surface area contributed by atoms with Gasteiger partial charge in [0.15, 0.2) is 0 Å². The average molecular weight is 425 g/mol. The van der Waals surface area contributed by atoms with Crippen molar-refractivity contribution in [3.8, 4) is 5.75 Å². The van der Waals surface area contributed by atoms with Gasteiger partial charge in [-0.3, -0.25) is 23.5 Å². The van der Waals surface area contributed by atoms with Crippen molar-refractivity contribution in [3.63, 3.8) is 0 Å². The highest BCUT2D eigenvalue weighted by Gasteiger charge is 2.37. The zero-order chi connectivity index (χ0) is 22.3. The molecule has 0 saturated heterocycles. The topological polar surface area (TPSA) is 127 Å². The summed E-state index contributed by atoms with van der Waals surface area (Å²) in [5, 5.41) is 6.38. The summed E-state index contributed by atoms with van der Waals surface area (Å²) in [5.41, 5.74) is 1.05. The molecule has 10 nitrogen and oxygen atoms in total. The van der Waals surface area contributed by atoms with Crippen LogP contribution in [0.2, 0.25) is 0 Å². The van der Waals surface area contributed by atoms with Gasteiger partial charge in [-0.15, -0.1) is 0 Å². The number of H-pyrrole nitrogens is 1. The van der Waals surface area contributed by atoms with Crippen molar-refractivity contribution in [3.05, 3.63) is 56.4 Å². The van der Waals surface area contributed by atoms with E-state index in [0.717, 1.165) is 26.8 Å². The third-order valence-corrected chi connectivity index (χ3v) is 5.69. The molecule has 0 saturated carbocycles. The number of anilines is 1. The summed E-state index contributed by atoms with van der Waals surface area (Å²) in [4.78, 5) is 52.7. The molecule has 3 heterocycles. The van der Waals surface area contributed by atoms with Gasteiger partial charge >= 0.3 is 5.69 Å². The fraction of sp³-hybridized carbons (Fsp3) is 0.333. The Balaban J connectivity index is 1.45. The Morgan fingerprint density at radius 1 is 1.19 bits per heavy atom. The summed E-state index contributed by atoms with van der Waals surface area (Å²) >= 11 is 0. The van der Waals surface area contributed by atoms with Crippen LogP contribution in [0.3, 0.4) is 0 Å². The standard InChI is InChI=1S/C21H23N5O5/c1-25-18-17(20(29)26(2)21(25)30)14(19(28)24-18)9-16(27)22-7-6-11-10-23-15-5-4-12(31-3)8-13(11)15/h4-5,8,10,14,23H,6-7,9H2,1-3H3,(H,22,27)(H,24,28)/t14-/m1/s1. The van der Waals surface area contributed by atoms with Crippen LogP contribution in [0.25, 0.3) is 10.9 Å². The van der Waals surface area contributed by atoms with Crippen LogP contribution in [-0.2, 0) is 30.1 Å². The van der Waals surface area contributed by atoms with Crippen molar-refractivity contribution in [2.24, 2.45) is 14.1 Å². The zero-order valence-corrected chi connectivity index (χ0v) is 17.4. The van der Waals surface area contributed by atoms with Gasteiger partial charge < -0.3 is 20.4 Å². The number of ether oxygens (including phenoxy) is 1. The predicted octanol–water partition coefficient (Wildman–Crippen LogP) is 0.359. The van der Waals surface area contributed by atoms with Gasteiger partial charge in [0, 0.05) is 44.2 Å². The van der Waals surface area contributed by atoms with Crippen LogP contribution in [0.5, 0.6) is 5.75 Å². The molecule has 2 aromatic heterocycles. The maximum Gasteiger partial charge on any atom is 0.332 e. The molecule has 0 radical (unpaired) electrons. The Morgan fingerprint density at radius 3 is 2.71 bits per heavy atom. The molecule has 162 valence electrons. The molecular weight excluding hydrogens is 402 g/mol. The second-order valence-corrected chi connectivity index (χ2v) is 7.54. The number of aromatic amines is 1. The molecule has 0 fully saturated rings. The van der Waals surface area contributed by atoms with E-state index in [2.05, 4.69) is 15.6 Å². The molecule has 3 aromatic rings. The van der Waals surface area contributed by atoms with Crippen molar-refractivity contribution >= 4 is 28.5 Å². The number of nitrogens with zero attached hydrogens (tertiary/aromatic N) is 2. The predicted molar refractivity (Wildman–Crippen MR) is 114 cm³/mol. The third-order valence-electron chi connectivity index (χ3n) is 5.69. The van der Waals surface area contributed by atoms with E-state index in [0.29, 0.717) is 13.0 Å². The molecule has 4 rings (SSSR count). The lowest BCUT2D eigenvalue weighted by Gasteiger charge is -2.11. The number of carbonyl (C=O) groups excluding carboxylic acids is 2. The highest BCUT2D eigenvalue weighted by Crippen LogP contribution is 2.30. The van der Waals surface area contributed by atoms with Gasteiger partial charge in [-0.25, -0.2) is 4.79 Å². The molecule has 2 amide bonds. The molecule has 1 aliphatic rings. The van der Waals surface area contributed by atoms with Gasteiger partial charge in [-0.05, 0) is 30.2 Å². The lowest BCUT2D eigenvalue weighted by atomic mass is 9.99. The minimum absolute atomic E-state index is 0.147. The summed E-state index contributed by atoms with van der Waals surface area (Å²) in [6.45, 7) is 0.371. The lowest BCUT2D eigenvalue weighted by Crippen LogP contribution is -2.39. The monoisotopic (exact) mass is 425 g/mol. The summed E-state index contributed by atoms with van der Waals surface area (Å²) in [5.74, 6) is -0.839. The lowest BCUT2D eigenvalue weighted by molar-refractivity contribution is -0.125. The van der Waals surface area contributed by atoms with Crippen LogP contribution in [0.15, 0.2) is 34.0 Å². The van der Waals surface area contributed by atoms with E-state index >= 15 is 0 Å². The number of rotatable bonds is 6. The highest BCUT2D eigenvalue weighted by molar-refractivity contribution is 6.04. The first-order valence-electron chi connectivity index (χ1n) is 9.83. The minimum Gasteiger partial charge on any atom is -0.497 e. The Bertz CT molecular complexity index is 1320. The zero-order valence-electron chi connectivity index (χ0n) is 17.4. The molecule has 1 aliphatic heterocycles. The van der Waals surface area contributed by atoms with Crippen molar-refractivity contribution in [2.75, 3.05) is 19.0 Å². The van der Waals surface area contributed by atoms with E-state index in [1.54, 1.807) is 7.11 Å². The van der Waals surface area contributed by atoms with Crippen molar-refractivity contribution in [1.82, 2.24) is 19.4 Å². The molecule has 10 heteroatoms. The second kappa shape index (κ2) is 7.78. The van der Waals surface area contributed by atoms with Crippen molar-refractivity contribution in [1.29, 1.82) is 0 Å². The number of nitrogens with one attached hydrogen (secondary N) is 3. The van der Waals surface area contributed by atoms with Crippen LogP contribution in [-0.4, -0.2) is 39.6 Å². The number of hydrogen-bond acceptors (Lipinski definition) is 5. The first-order valence-corrected chi connectivity index (χ1v) is 9.83. The Morgan fingerprint density at radius 2 is 1.97 bits per heavy atom. The third kappa shape index (κ3) is 3.49. The molecule has 31 heavy (non-hydrogen) atoms. The molecule has 0 bridgehead atoms. The Hall–Kier alpha value is -3.82. The van der Waals surface area contributed by atoms with Gasteiger partial charge in [0.1, 0.15) is 11.6 Å². The molecule has 1 atom stereocenters. The summed E-state index contributed by atoms with van der Waals surface area (Å²) in [6.07, 6.45) is 2.30. The first-order chi connectivity index (χ1) is 14.8. The largest absolute Gasteiger partial charge is 0.497 e. The Labute approximate surface area is 176 Å². The van der Waals surface area contributed by atoms with Crippen LogP contribution in [0.4, 0.5) is 5.82 Å². The summed E-state index contributed by atoms with van der Waals surface area (Å²) in [7, 11) is 4.43. The van der Waals surface area contributed by atoms with E-state index < -0.39 is 23.1 Å². The maximum absolute atomic E-state index is 12.5. The fourth-order valence-electron chi connectivity index (χ4n) is 3.95. The van der Waals surface area contributed by atoms with Gasteiger partial charge in [0.05, 0.1) is 18.6 Å². The number of carbonyl (C=O) groups is 2. The molecular formula is C21H23N5O5. The van der Waals surface area contributed by atoms with Crippen LogP contribution in [0.1, 0.15) is 23.5 Å². The van der Waals surface area contributed by atoms with Gasteiger partial charge in [0.25, 0.3) is 5.56 Å². The number of hydrogen-bond donors (Lipinski definition) is 3. The summed E-state index contributed by atoms with van der Waals surface area (Å²) < 4.78 is 7.41. The molecule has 0 unspecified atom stereocenters. The Kier molecular flexibility index (Phi) is 5.14. The van der Waals surface area contributed by atoms with Crippen LogP contribution >= 0.6 is 0 Å². The molecule has 0 spiro atoms. The van der Waals surface area contributed by atoms with Crippen molar-refractivity contribution < 1.29 is 14.3 Å². The van der Waals surface area contributed by atoms with E-state index in [1.807, 2.05) is 24.4 Å². The van der Waals surface area contributed by atoms with E-state index in [4.69, 9.17) is 4.74 Å². The van der Waals surface area contributed by atoms with Gasteiger partial charge in [-0.2, -0.15) is 0 Å². The maximum atomic E-state index is 12.5. The smallest absolute Gasteiger partial charge is 0.332 e. The van der Waals surface area contributed by atoms with E-state index in [9.17, 15) is 19.2 Å². The second-order valence-electron chi connectivity index (χ2n) is 7.54. The first kappa shape index (κ1) is 20.5. The highest BCUT2D eigenvalue weighted by atomic mass is 16.5. The SMILES string of the molecule is COc1ccc2[nH]cc(CCNC(=O)C[C@H]3C(=O)Nc4c3c(=O)n(C)c(=O)n4C)c2c1. The number of methoxy groups -OCH3 is 1. The quantitative estimate of drug-likeness (QED) is 0.526. The van der Waals surface area contributed by atoms with E-state index in [1.165, 1.54) is 18.7 Å². The van der Waals surface area contributed by atoms with Crippen LogP contribution in [0, 0.1) is 0 Å². The number of amides is 2. The number of benzene rings is 1. The van der Waals surface area contributed by atoms with Crippen molar-refractivity contribution in [2.45, 2.75) is 18.8 Å². The fourth-order valence-corrected chi connectivity index (χ4v) is 3.95. The van der Waals surface area contributed by atoms with Crippen LogP contribution < -0.4 is 26.6 Å². The molecule has 0 aliphatic carbocycles. The number of fused-ring (bicyclic) bond motifs is 2. The molecule has 3 N–H and O–H groups in total. The molecule has 1 aromatic carbocycles. The van der Waals surface area contributed by atoms with E-state index in [-0.39, 0.29) is 23.7 Å². The minimum atomic E-state index is -0.933. The van der Waals surface area contributed by atoms with Gasteiger partial charge in [0.2, 0.25) is 11.8 Å². The normalized spacial score (nSPS) is 15.1. The number of aromatic nitrogens is 3. The van der Waals surface area contributed by atoms with Gasteiger partial charge in [-0.1, -0.05) is 0 Å². The average Bonchev–Trinajstić information content (AvgIpc) is 3.31.